The van der Waals surface area contributed by atoms with E-state index in [9.17, 15) is 4.79 Å². The van der Waals surface area contributed by atoms with Crippen molar-refractivity contribution < 1.29 is 15.0 Å². The number of aliphatic hydroxyl groups is 1. The van der Waals surface area contributed by atoms with Crippen LogP contribution in [-0.2, 0) is 0 Å². The third-order valence-electron chi connectivity index (χ3n) is 2.38. The van der Waals surface area contributed by atoms with E-state index in [1.54, 1.807) is 18.9 Å². The van der Waals surface area contributed by atoms with E-state index in [2.05, 4.69) is 4.98 Å². The smallest absolute Gasteiger partial charge is 0.354 e. The molecule has 1 atom stereocenters. The minimum atomic E-state index is -1.11. The summed E-state index contributed by atoms with van der Waals surface area (Å²) in [6.07, 6.45) is 0. The predicted molar refractivity (Wildman–Crippen MR) is 60.6 cm³/mol. The van der Waals surface area contributed by atoms with E-state index in [-0.39, 0.29) is 18.3 Å². The van der Waals surface area contributed by atoms with Crippen LogP contribution in [0.1, 0.15) is 17.4 Å². The SMILES string of the molecule is CC(CO)N(C)c1nc(C(=O)O)ccc1N. The van der Waals surface area contributed by atoms with Gasteiger partial charge >= 0.3 is 5.97 Å². The first-order valence-electron chi connectivity index (χ1n) is 4.81. The van der Waals surface area contributed by atoms with Crippen LogP contribution in [0.3, 0.4) is 0 Å². The van der Waals surface area contributed by atoms with Crippen molar-refractivity contribution in [3.63, 3.8) is 0 Å². The Balaban J connectivity index is 3.11. The Hall–Kier alpha value is -1.82. The molecule has 6 nitrogen and oxygen atoms in total. The molecule has 0 saturated carbocycles. The van der Waals surface area contributed by atoms with Gasteiger partial charge in [0.2, 0.25) is 0 Å². The van der Waals surface area contributed by atoms with E-state index in [4.69, 9.17) is 15.9 Å². The predicted octanol–water partition coefficient (Wildman–Crippen LogP) is 0.179. The molecule has 4 N–H and O–H groups in total. The van der Waals surface area contributed by atoms with E-state index in [0.29, 0.717) is 11.5 Å². The summed E-state index contributed by atoms with van der Waals surface area (Å²) in [6.45, 7) is 1.73. The number of likely N-dealkylation sites (N-methyl/N-ethyl adjacent to an activating group) is 1. The maximum absolute atomic E-state index is 10.8. The highest BCUT2D eigenvalue weighted by molar-refractivity contribution is 5.86. The number of carboxylic acids is 1. The molecule has 0 spiro atoms. The van der Waals surface area contributed by atoms with Crippen molar-refractivity contribution in [2.24, 2.45) is 0 Å². The lowest BCUT2D eigenvalue weighted by Crippen LogP contribution is -2.33. The largest absolute Gasteiger partial charge is 0.477 e. The lowest BCUT2D eigenvalue weighted by Gasteiger charge is -2.25. The number of aromatic carboxylic acids is 1. The Bertz CT molecular complexity index is 395. The molecule has 1 aromatic heterocycles. The molecule has 0 aliphatic rings. The Morgan fingerprint density at radius 3 is 2.75 bits per heavy atom. The quantitative estimate of drug-likeness (QED) is 0.676. The van der Waals surface area contributed by atoms with Gasteiger partial charge in [-0.05, 0) is 19.1 Å². The van der Waals surface area contributed by atoms with E-state index in [1.807, 2.05) is 0 Å². The van der Waals surface area contributed by atoms with Crippen LogP contribution >= 0.6 is 0 Å². The van der Waals surface area contributed by atoms with E-state index in [0.717, 1.165) is 0 Å². The first-order chi connectivity index (χ1) is 7.47. The number of aliphatic hydroxyl groups excluding tert-OH is 1. The van der Waals surface area contributed by atoms with Gasteiger partial charge in [0.05, 0.1) is 18.3 Å². The van der Waals surface area contributed by atoms with Gasteiger partial charge in [-0.25, -0.2) is 9.78 Å². The maximum Gasteiger partial charge on any atom is 0.354 e. The first kappa shape index (κ1) is 12.3. The van der Waals surface area contributed by atoms with Gasteiger partial charge in [0.25, 0.3) is 0 Å². The van der Waals surface area contributed by atoms with Crippen LogP contribution in [0.5, 0.6) is 0 Å². The van der Waals surface area contributed by atoms with Crippen molar-refractivity contribution in [3.05, 3.63) is 17.8 Å². The number of pyridine rings is 1. The Labute approximate surface area is 93.3 Å². The van der Waals surface area contributed by atoms with Gasteiger partial charge in [-0.3, -0.25) is 0 Å². The Kier molecular flexibility index (Phi) is 3.68. The fourth-order valence-corrected chi connectivity index (χ4v) is 1.19. The highest BCUT2D eigenvalue weighted by Gasteiger charge is 2.15. The Morgan fingerprint density at radius 1 is 1.62 bits per heavy atom. The molecule has 0 fully saturated rings. The minimum Gasteiger partial charge on any atom is -0.477 e. The zero-order chi connectivity index (χ0) is 12.3. The summed E-state index contributed by atoms with van der Waals surface area (Å²) in [5.41, 5.74) is 6.02. The normalized spacial score (nSPS) is 12.2. The summed E-state index contributed by atoms with van der Waals surface area (Å²) in [6, 6.07) is 2.66. The highest BCUT2D eigenvalue weighted by atomic mass is 16.4. The molecular weight excluding hydrogens is 210 g/mol. The van der Waals surface area contributed by atoms with Crippen molar-refractivity contribution >= 4 is 17.5 Å². The number of nitrogens with zero attached hydrogens (tertiary/aromatic N) is 2. The molecule has 0 bridgehead atoms. The minimum absolute atomic E-state index is 0.0606. The summed E-state index contributed by atoms with van der Waals surface area (Å²) in [5.74, 6) is -0.743. The van der Waals surface area contributed by atoms with E-state index >= 15 is 0 Å². The summed E-state index contributed by atoms with van der Waals surface area (Å²) >= 11 is 0. The summed E-state index contributed by atoms with van der Waals surface area (Å²) in [5, 5.41) is 17.8. The maximum atomic E-state index is 10.8. The van der Waals surface area contributed by atoms with Gasteiger partial charge in [-0.1, -0.05) is 0 Å². The number of nitrogen functional groups attached to an aromatic ring is 1. The topological polar surface area (TPSA) is 99.7 Å². The van der Waals surface area contributed by atoms with Crippen LogP contribution < -0.4 is 10.6 Å². The number of hydrogen-bond acceptors (Lipinski definition) is 5. The fourth-order valence-electron chi connectivity index (χ4n) is 1.19. The van der Waals surface area contributed by atoms with Gasteiger partial charge in [-0.15, -0.1) is 0 Å². The number of carbonyl (C=O) groups is 1. The van der Waals surface area contributed by atoms with Crippen molar-refractivity contribution in [2.45, 2.75) is 13.0 Å². The second kappa shape index (κ2) is 4.80. The molecule has 1 aromatic rings. The molecule has 1 unspecified atom stereocenters. The number of anilines is 2. The van der Waals surface area contributed by atoms with Gasteiger partial charge in [0, 0.05) is 7.05 Å². The average Bonchev–Trinajstić information content (AvgIpc) is 2.27. The molecule has 88 valence electrons. The van der Waals surface area contributed by atoms with Crippen LogP contribution in [0, 0.1) is 0 Å². The van der Waals surface area contributed by atoms with Crippen molar-refractivity contribution in [1.82, 2.24) is 4.98 Å². The molecule has 0 amide bonds. The fraction of sp³-hybridized carbons (Fsp3) is 0.400. The second-order valence-electron chi connectivity index (χ2n) is 3.56. The lowest BCUT2D eigenvalue weighted by molar-refractivity contribution is 0.0690. The first-order valence-corrected chi connectivity index (χ1v) is 4.81. The summed E-state index contributed by atoms with van der Waals surface area (Å²) in [7, 11) is 1.70. The third-order valence-corrected chi connectivity index (χ3v) is 2.38. The molecule has 16 heavy (non-hydrogen) atoms. The highest BCUT2D eigenvalue weighted by Crippen LogP contribution is 2.21. The van der Waals surface area contributed by atoms with Crippen LogP contribution in [0.25, 0.3) is 0 Å². The lowest BCUT2D eigenvalue weighted by atomic mass is 10.2. The third kappa shape index (κ3) is 2.40. The molecule has 1 heterocycles. The zero-order valence-electron chi connectivity index (χ0n) is 9.21. The van der Waals surface area contributed by atoms with E-state index in [1.165, 1.54) is 12.1 Å². The summed E-state index contributed by atoms with van der Waals surface area (Å²) < 4.78 is 0. The molecule has 0 aliphatic heterocycles. The van der Waals surface area contributed by atoms with Crippen molar-refractivity contribution in [3.8, 4) is 0 Å². The van der Waals surface area contributed by atoms with Gasteiger partial charge in [0.1, 0.15) is 0 Å². The standard InChI is InChI=1S/C10H15N3O3/c1-6(5-14)13(2)9-7(11)3-4-8(12-9)10(15)16/h3-4,6,14H,5,11H2,1-2H3,(H,15,16). The van der Waals surface area contributed by atoms with Crippen molar-refractivity contribution in [2.75, 3.05) is 24.3 Å². The average molecular weight is 225 g/mol. The summed E-state index contributed by atoms with van der Waals surface area (Å²) in [4.78, 5) is 16.3. The van der Waals surface area contributed by atoms with E-state index < -0.39 is 5.97 Å². The molecule has 1 rings (SSSR count). The van der Waals surface area contributed by atoms with Crippen LogP contribution in [0.2, 0.25) is 0 Å². The number of aromatic nitrogens is 1. The van der Waals surface area contributed by atoms with Crippen LogP contribution in [0.15, 0.2) is 12.1 Å². The molecular formula is C10H15N3O3. The monoisotopic (exact) mass is 225 g/mol. The van der Waals surface area contributed by atoms with Gasteiger partial charge < -0.3 is 20.8 Å². The van der Waals surface area contributed by atoms with Crippen LogP contribution in [-0.4, -0.2) is 40.9 Å². The van der Waals surface area contributed by atoms with Crippen molar-refractivity contribution in [1.29, 1.82) is 0 Å². The van der Waals surface area contributed by atoms with Crippen LogP contribution in [0.4, 0.5) is 11.5 Å². The molecule has 0 aliphatic carbocycles. The van der Waals surface area contributed by atoms with Gasteiger partial charge in [0.15, 0.2) is 11.5 Å². The Morgan fingerprint density at radius 2 is 2.25 bits per heavy atom. The second-order valence-corrected chi connectivity index (χ2v) is 3.56. The number of rotatable bonds is 4. The van der Waals surface area contributed by atoms with Gasteiger partial charge in [-0.2, -0.15) is 0 Å². The molecule has 6 heteroatoms. The molecule has 0 radical (unpaired) electrons. The number of carboxylic acid groups (broad SMARTS) is 1. The molecule has 0 aromatic carbocycles. The zero-order valence-corrected chi connectivity index (χ0v) is 9.21. The molecule has 0 saturated heterocycles. The number of nitrogens with two attached hydrogens (primary N) is 1. The number of hydrogen-bond donors (Lipinski definition) is 3.